The molecule has 2 atom stereocenters. The van der Waals surface area contributed by atoms with Gasteiger partial charge < -0.3 is 5.73 Å². The Morgan fingerprint density at radius 3 is 2.57 bits per heavy atom. The van der Waals surface area contributed by atoms with E-state index in [-0.39, 0.29) is 22.7 Å². The second-order valence-corrected chi connectivity index (χ2v) is 7.65. The highest BCUT2D eigenvalue weighted by Crippen LogP contribution is 2.36. The molecule has 0 spiro atoms. The maximum Gasteiger partial charge on any atom is 0.244 e. The minimum absolute atomic E-state index is 0.00933. The molecule has 4 nitrogen and oxygen atoms in total. The smallest absolute Gasteiger partial charge is 0.244 e. The summed E-state index contributed by atoms with van der Waals surface area (Å²) in [5, 5.41) is 0. The van der Waals surface area contributed by atoms with E-state index in [4.69, 9.17) is 5.73 Å². The summed E-state index contributed by atoms with van der Waals surface area (Å²) in [6.45, 7) is 7.10. The number of sulfonamides is 1. The Hall–Kier alpha value is -1.14. The first kappa shape index (κ1) is 16.2. The molecule has 1 aliphatic heterocycles. The zero-order valence-corrected chi connectivity index (χ0v) is 13.8. The number of nitrogens with zero attached hydrogens (tertiary/aromatic N) is 1. The molecule has 0 saturated carbocycles. The van der Waals surface area contributed by atoms with Gasteiger partial charge in [0.15, 0.2) is 0 Å². The van der Waals surface area contributed by atoms with Crippen LogP contribution in [0.15, 0.2) is 11.0 Å². The maximum atomic E-state index is 13.7. The van der Waals surface area contributed by atoms with Crippen molar-refractivity contribution < 1.29 is 12.8 Å². The summed E-state index contributed by atoms with van der Waals surface area (Å²) in [6, 6.07) is 1.18. The summed E-state index contributed by atoms with van der Waals surface area (Å²) in [6.07, 6.45) is 2.50. The molecule has 0 bridgehead atoms. The fraction of sp³-hybridized carbons (Fsp3) is 0.600. The van der Waals surface area contributed by atoms with Crippen molar-refractivity contribution in [2.45, 2.75) is 63.9 Å². The molecular formula is C15H23FN2O2S. The normalized spacial score (nSPS) is 23.7. The van der Waals surface area contributed by atoms with Crippen LogP contribution in [0.5, 0.6) is 0 Å². The highest BCUT2D eigenvalue weighted by Gasteiger charge is 2.40. The fourth-order valence-electron chi connectivity index (χ4n) is 3.30. The molecule has 0 amide bonds. The highest BCUT2D eigenvalue weighted by atomic mass is 32.2. The molecule has 118 valence electrons. The van der Waals surface area contributed by atoms with Gasteiger partial charge in [0.2, 0.25) is 10.0 Å². The number of hydrogen-bond donors (Lipinski definition) is 1. The van der Waals surface area contributed by atoms with E-state index < -0.39 is 15.8 Å². The number of nitrogen functional groups attached to an aromatic ring is 1. The van der Waals surface area contributed by atoms with Crippen LogP contribution in [0.4, 0.5) is 10.1 Å². The number of benzene rings is 1. The lowest BCUT2D eigenvalue weighted by Crippen LogP contribution is -2.40. The minimum Gasteiger partial charge on any atom is -0.396 e. The van der Waals surface area contributed by atoms with Crippen LogP contribution in [0.2, 0.25) is 0 Å². The van der Waals surface area contributed by atoms with Crippen molar-refractivity contribution in [1.82, 2.24) is 4.31 Å². The molecule has 21 heavy (non-hydrogen) atoms. The van der Waals surface area contributed by atoms with Crippen molar-refractivity contribution in [1.29, 1.82) is 0 Å². The van der Waals surface area contributed by atoms with Gasteiger partial charge in [-0.3, -0.25) is 0 Å². The van der Waals surface area contributed by atoms with Gasteiger partial charge in [0.1, 0.15) is 5.82 Å². The van der Waals surface area contributed by atoms with Crippen LogP contribution >= 0.6 is 0 Å². The average Bonchev–Trinajstić information content (AvgIpc) is 2.77. The third kappa shape index (κ3) is 2.55. The summed E-state index contributed by atoms with van der Waals surface area (Å²) in [4.78, 5) is 0.161. The standard InChI is InChI=1S/C15H23FN2O2S/c1-5-12-7-6-10(3)18(12)21(19,20)15-9(2)8-13(16)14(17)11(15)4/h8,10,12H,5-7,17H2,1-4H3. The Morgan fingerprint density at radius 2 is 2.00 bits per heavy atom. The molecule has 1 aromatic rings. The van der Waals surface area contributed by atoms with Gasteiger partial charge in [0, 0.05) is 12.1 Å². The van der Waals surface area contributed by atoms with Crippen LogP contribution in [0, 0.1) is 19.7 Å². The first-order valence-electron chi connectivity index (χ1n) is 7.30. The molecule has 1 aliphatic rings. The largest absolute Gasteiger partial charge is 0.396 e. The molecule has 1 saturated heterocycles. The molecule has 0 aromatic heterocycles. The summed E-state index contributed by atoms with van der Waals surface area (Å²) >= 11 is 0. The van der Waals surface area contributed by atoms with Crippen molar-refractivity contribution in [3.05, 3.63) is 23.0 Å². The zero-order chi connectivity index (χ0) is 15.9. The van der Waals surface area contributed by atoms with E-state index in [1.54, 1.807) is 18.2 Å². The fourth-order valence-corrected chi connectivity index (χ4v) is 5.70. The first-order valence-corrected chi connectivity index (χ1v) is 8.74. The quantitative estimate of drug-likeness (QED) is 0.872. The summed E-state index contributed by atoms with van der Waals surface area (Å²) in [7, 11) is -3.66. The van der Waals surface area contributed by atoms with Crippen LogP contribution in [0.1, 0.15) is 44.2 Å². The summed E-state index contributed by atoms with van der Waals surface area (Å²) in [5.41, 5.74) is 6.32. The average molecular weight is 314 g/mol. The van der Waals surface area contributed by atoms with Crippen LogP contribution in [0.3, 0.4) is 0 Å². The number of anilines is 1. The predicted molar refractivity (Wildman–Crippen MR) is 82.1 cm³/mol. The van der Waals surface area contributed by atoms with Crippen molar-refractivity contribution >= 4 is 15.7 Å². The third-order valence-electron chi connectivity index (χ3n) is 4.42. The third-order valence-corrected chi connectivity index (χ3v) is 6.78. The zero-order valence-electron chi connectivity index (χ0n) is 13.0. The van der Waals surface area contributed by atoms with Gasteiger partial charge in [-0.15, -0.1) is 0 Å². The van der Waals surface area contributed by atoms with E-state index in [1.807, 2.05) is 13.8 Å². The van der Waals surface area contributed by atoms with E-state index in [1.165, 1.54) is 6.07 Å². The van der Waals surface area contributed by atoms with Crippen LogP contribution in [-0.2, 0) is 10.0 Å². The van der Waals surface area contributed by atoms with Gasteiger partial charge in [0.25, 0.3) is 0 Å². The predicted octanol–water partition coefficient (Wildman–Crippen LogP) is 2.98. The van der Waals surface area contributed by atoms with Gasteiger partial charge >= 0.3 is 0 Å². The number of rotatable bonds is 3. The van der Waals surface area contributed by atoms with E-state index in [2.05, 4.69) is 0 Å². The van der Waals surface area contributed by atoms with Gasteiger partial charge in [-0.1, -0.05) is 6.92 Å². The molecule has 6 heteroatoms. The molecule has 1 aromatic carbocycles. The number of hydrogen-bond acceptors (Lipinski definition) is 3. The highest BCUT2D eigenvalue weighted by molar-refractivity contribution is 7.89. The van der Waals surface area contributed by atoms with Gasteiger partial charge in [-0.25, -0.2) is 12.8 Å². The Kier molecular flexibility index (Phi) is 4.31. The number of halogens is 1. The van der Waals surface area contributed by atoms with Gasteiger partial charge in [-0.2, -0.15) is 4.31 Å². The van der Waals surface area contributed by atoms with Gasteiger partial charge in [0.05, 0.1) is 10.6 Å². The lowest BCUT2D eigenvalue weighted by atomic mass is 10.1. The molecule has 2 unspecified atom stereocenters. The molecule has 1 heterocycles. The van der Waals surface area contributed by atoms with Crippen molar-refractivity contribution in [2.24, 2.45) is 0 Å². The topological polar surface area (TPSA) is 63.4 Å². The maximum absolute atomic E-state index is 13.7. The van der Waals surface area contributed by atoms with Crippen LogP contribution < -0.4 is 5.73 Å². The van der Waals surface area contributed by atoms with Crippen molar-refractivity contribution in [2.75, 3.05) is 5.73 Å². The lowest BCUT2D eigenvalue weighted by molar-refractivity contribution is 0.328. The van der Waals surface area contributed by atoms with E-state index in [0.29, 0.717) is 11.1 Å². The molecule has 1 fully saturated rings. The molecule has 0 aliphatic carbocycles. The van der Waals surface area contributed by atoms with E-state index in [9.17, 15) is 12.8 Å². The molecule has 2 rings (SSSR count). The van der Waals surface area contributed by atoms with E-state index >= 15 is 0 Å². The van der Waals surface area contributed by atoms with E-state index in [0.717, 1.165) is 19.3 Å². The Balaban J connectivity index is 2.63. The monoisotopic (exact) mass is 314 g/mol. The van der Waals surface area contributed by atoms with Crippen molar-refractivity contribution in [3.63, 3.8) is 0 Å². The Labute approximate surface area is 126 Å². The summed E-state index contributed by atoms with van der Waals surface area (Å²) < 4.78 is 41.4. The molecule has 0 radical (unpaired) electrons. The molecule has 2 N–H and O–H groups in total. The number of aryl methyl sites for hydroxylation is 1. The summed E-state index contributed by atoms with van der Waals surface area (Å²) in [5.74, 6) is -0.564. The Bertz CT molecular complexity index is 658. The minimum atomic E-state index is -3.66. The molecular weight excluding hydrogens is 291 g/mol. The van der Waals surface area contributed by atoms with Crippen LogP contribution in [-0.4, -0.2) is 24.8 Å². The van der Waals surface area contributed by atoms with Crippen LogP contribution in [0.25, 0.3) is 0 Å². The second-order valence-electron chi connectivity index (χ2n) is 5.87. The number of nitrogens with two attached hydrogens (primary N) is 1. The second kappa shape index (κ2) is 5.57. The lowest BCUT2D eigenvalue weighted by Gasteiger charge is -2.28. The SMILES string of the molecule is CCC1CCC(C)N1S(=O)(=O)c1c(C)cc(F)c(N)c1C. The Morgan fingerprint density at radius 1 is 1.38 bits per heavy atom. The first-order chi connectivity index (χ1) is 9.71. The van der Waals surface area contributed by atoms with Gasteiger partial charge in [-0.05, 0) is 57.2 Å². The van der Waals surface area contributed by atoms with Crippen molar-refractivity contribution in [3.8, 4) is 0 Å².